The normalized spacial score (nSPS) is 11.7. The van der Waals surface area contributed by atoms with Crippen LogP contribution in [0.4, 0.5) is 0 Å². The van der Waals surface area contributed by atoms with Gasteiger partial charge in [-0.3, -0.25) is 9.36 Å². The molecule has 0 saturated carbocycles. The van der Waals surface area contributed by atoms with Crippen LogP contribution in [0, 0.1) is 13.8 Å². The first-order chi connectivity index (χ1) is 14.0. The summed E-state index contributed by atoms with van der Waals surface area (Å²) in [6.45, 7) is 12.5. The van der Waals surface area contributed by atoms with Crippen molar-refractivity contribution in [3.8, 4) is 11.1 Å². The van der Waals surface area contributed by atoms with Crippen molar-refractivity contribution >= 4 is 21.6 Å². The quantitative estimate of drug-likeness (QED) is 0.526. The van der Waals surface area contributed by atoms with Crippen LogP contribution in [0.1, 0.15) is 30.8 Å². The molecule has 0 aliphatic rings. The molecular formula is C23H31N3O2S. The van der Waals surface area contributed by atoms with Gasteiger partial charge in [-0.15, -0.1) is 11.3 Å². The summed E-state index contributed by atoms with van der Waals surface area (Å²) >= 11 is 1.55. The van der Waals surface area contributed by atoms with E-state index in [2.05, 4.69) is 56.2 Å². The van der Waals surface area contributed by atoms with Gasteiger partial charge in [0.2, 0.25) is 0 Å². The molecule has 0 aliphatic carbocycles. The fourth-order valence-corrected chi connectivity index (χ4v) is 4.72. The molecule has 0 radical (unpaired) electrons. The van der Waals surface area contributed by atoms with Crippen molar-refractivity contribution in [2.75, 3.05) is 33.4 Å². The topological polar surface area (TPSA) is 47.4 Å². The number of nitrogens with zero attached hydrogens (tertiary/aromatic N) is 3. The molecule has 0 unspecified atom stereocenters. The first-order valence-corrected chi connectivity index (χ1v) is 11.2. The SMILES string of the molecule is CCN(CC)CCn1c(CCOC)nc2scc(-c3ccc(C)cc3C)c2c1=O. The van der Waals surface area contributed by atoms with Crippen molar-refractivity contribution in [2.45, 2.75) is 40.7 Å². The van der Waals surface area contributed by atoms with Gasteiger partial charge >= 0.3 is 0 Å². The molecule has 0 atom stereocenters. The first-order valence-electron chi connectivity index (χ1n) is 10.3. The van der Waals surface area contributed by atoms with Crippen LogP contribution in [0.2, 0.25) is 0 Å². The second-order valence-corrected chi connectivity index (χ2v) is 8.26. The van der Waals surface area contributed by atoms with Crippen LogP contribution in [0.5, 0.6) is 0 Å². The molecule has 2 heterocycles. The molecule has 3 aromatic rings. The lowest BCUT2D eigenvalue weighted by Crippen LogP contribution is -2.33. The van der Waals surface area contributed by atoms with E-state index < -0.39 is 0 Å². The Morgan fingerprint density at radius 2 is 1.93 bits per heavy atom. The molecule has 0 fully saturated rings. The Kier molecular flexibility index (Phi) is 7.22. The first kappa shape index (κ1) is 21.7. The number of hydrogen-bond donors (Lipinski definition) is 0. The van der Waals surface area contributed by atoms with E-state index in [-0.39, 0.29) is 5.56 Å². The van der Waals surface area contributed by atoms with Gasteiger partial charge in [-0.2, -0.15) is 0 Å². The number of aromatic nitrogens is 2. The van der Waals surface area contributed by atoms with E-state index >= 15 is 0 Å². The zero-order valence-electron chi connectivity index (χ0n) is 18.1. The van der Waals surface area contributed by atoms with Gasteiger partial charge < -0.3 is 9.64 Å². The van der Waals surface area contributed by atoms with E-state index in [1.165, 1.54) is 11.1 Å². The zero-order valence-corrected chi connectivity index (χ0v) is 18.9. The molecule has 0 amide bonds. The summed E-state index contributed by atoms with van der Waals surface area (Å²) in [5, 5.41) is 2.81. The summed E-state index contributed by atoms with van der Waals surface area (Å²) in [5.74, 6) is 0.811. The van der Waals surface area contributed by atoms with E-state index in [4.69, 9.17) is 9.72 Å². The van der Waals surface area contributed by atoms with Crippen molar-refractivity contribution < 1.29 is 4.74 Å². The van der Waals surface area contributed by atoms with Crippen LogP contribution in [-0.2, 0) is 17.7 Å². The maximum atomic E-state index is 13.6. The van der Waals surface area contributed by atoms with Gasteiger partial charge in [0, 0.05) is 37.6 Å². The van der Waals surface area contributed by atoms with Gasteiger partial charge in [-0.25, -0.2) is 4.98 Å². The third-order valence-corrected chi connectivity index (χ3v) is 6.38. The van der Waals surface area contributed by atoms with Crippen molar-refractivity contribution in [1.29, 1.82) is 0 Å². The van der Waals surface area contributed by atoms with Crippen LogP contribution >= 0.6 is 11.3 Å². The number of ether oxygens (including phenoxy) is 1. The molecule has 0 N–H and O–H groups in total. The summed E-state index contributed by atoms with van der Waals surface area (Å²) in [6.07, 6.45) is 0.636. The van der Waals surface area contributed by atoms with E-state index in [0.29, 0.717) is 19.6 Å². The van der Waals surface area contributed by atoms with Gasteiger partial charge in [0.1, 0.15) is 10.7 Å². The maximum absolute atomic E-state index is 13.6. The predicted octanol–water partition coefficient (Wildman–Crippen LogP) is 4.27. The second-order valence-electron chi connectivity index (χ2n) is 7.40. The van der Waals surface area contributed by atoms with Crippen LogP contribution in [-0.4, -0.2) is 47.8 Å². The lowest BCUT2D eigenvalue weighted by molar-refractivity contribution is 0.198. The smallest absolute Gasteiger partial charge is 0.262 e. The highest BCUT2D eigenvalue weighted by atomic mass is 32.1. The van der Waals surface area contributed by atoms with Crippen LogP contribution in [0.25, 0.3) is 21.3 Å². The molecule has 29 heavy (non-hydrogen) atoms. The summed E-state index contributed by atoms with van der Waals surface area (Å²) in [4.78, 5) is 21.6. The monoisotopic (exact) mass is 413 g/mol. The molecular weight excluding hydrogens is 382 g/mol. The minimum atomic E-state index is 0.0597. The van der Waals surface area contributed by atoms with Crippen molar-refractivity contribution in [3.05, 3.63) is 50.9 Å². The number of benzene rings is 1. The average molecular weight is 414 g/mol. The summed E-state index contributed by atoms with van der Waals surface area (Å²) in [6, 6.07) is 6.38. The van der Waals surface area contributed by atoms with E-state index in [1.54, 1.807) is 18.4 Å². The fraction of sp³-hybridized carbons (Fsp3) is 0.478. The van der Waals surface area contributed by atoms with Gasteiger partial charge in [0.15, 0.2) is 0 Å². The lowest BCUT2D eigenvalue weighted by Gasteiger charge is -2.20. The van der Waals surface area contributed by atoms with Crippen molar-refractivity contribution in [3.63, 3.8) is 0 Å². The number of likely N-dealkylation sites (N-methyl/N-ethyl adjacent to an activating group) is 1. The third-order valence-electron chi connectivity index (χ3n) is 5.51. The van der Waals surface area contributed by atoms with Gasteiger partial charge in [0.25, 0.3) is 5.56 Å². The van der Waals surface area contributed by atoms with E-state index in [9.17, 15) is 4.79 Å². The van der Waals surface area contributed by atoms with E-state index in [0.717, 1.165) is 46.8 Å². The van der Waals surface area contributed by atoms with Crippen molar-refractivity contribution in [2.24, 2.45) is 0 Å². The van der Waals surface area contributed by atoms with Crippen LogP contribution in [0.15, 0.2) is 28.4 Å². The molecule has 6 heteroatoms. The number of aryl methyl sites for hydroxylation is 2. The Bertz CT molecular complexity index is 1030. The molecule has 1 aromatic carbocycles. The highest BCUT2D eigenvalue weighted by Crippen LogP contribution is 2.33. The largest absolute Gasteiger partial charge is 0.384 e. The Morgan fingerprint density at radius 1 is 1.17 bits per heavy atom. The average Bonchev–Trinajstić information content (AvgIpc) is 3.12. The maximum Gasteiger partial charge on any atom is 0.262 e. The zero-order chi connectivity index (χ0) is 21.0. The minimum Gasteiger partial charge on any atom is -0.384 e. The number of hydrogen-bond acceptors (Lipinski definition) is 5. The molecule has 0 bridgehead atoms. The Labute approximate surface area is 177 Å². The number of rotatable bonds is 9. The molecule has 156 valence electrons. The molecule has 3 rings (SSSR count). The predicted molar refractivity (Wildman–Crippen MR) is 122 cm³/mol. The molecule has 5 nitrogen and oxygen atoms in total. The summed E-state index contributed by atoms with van der Waals surface area (Å²) in [5.41, 5.74) is 4.57. The molecule has 0 saturated heterocycles. The highest BCUT2D eigenvalue weighted by molar-refractivity contribution is 7.17. The van der Waals surface area contributed by atoms with Gasteiger partial charge in [0.05, 0.1) is 12.0 Å². The number of fused-ring (bicyclic) bond motifs is 1. The summed E-state index contributed by atoms with van der Waals surface area (Å²) < 4.78 is 7.12. The Hall–Kier alpha value is -2.02. The number of methoxy groups -OCH3 is 1. The Balaban J connectivity index is 2.13. The standard InChI is InChI=1S/C23H31N3O2S/c1-6-25(7-2)11-12-26-20(10-13-28-5)24-22-21(23(26)27)19(15-29-22)18-9-8-16(3)14-17(18)4/h8-9,14-15H,6-7,10-13H2,1-5H3. The Morgan fingerprint density at radius 3 is 2.59 bits per heavy atom. The van der Waals surface area contributed by atoms with Gasteiger partial charge in [-0.05, 0) is 38.1 Å². The lowest BCUT2D eigenvalue weighted by atomic mass is 9.99. The number of thiophene rings is 1. The van der Waals surface area contributed by atoms with Gasteiger partial charge in [-0.1, -0.05) is 37.6 Å². The van der Waals surface area contributed by atoms with E-state index in [1.807, 2.05) is 4.57 Å². The fourth-order valence-electron chi connectivity index (χ4n) is 3.78. The third kappa shape index (κ3) is 4.60. The highest BCUT2D eigenvalue weighted by Gasteiger charge is 2.18. The van der Waals surface area contributed by atoms with Crippen LogP contribution < -0.4 is 5.56 Å². The second kappa shape index (κ2) is 9.65. The summed E-state index contributed by atoms with van der Waals surface area (Å²) in [7, 11) is 1.68. The molecule has 0 aliphatic heterocycles. The van der Waals surface area contributed by atoms with Crippen molar-refractivity contribution in [1.82, 2.24) is 14.5 Å². The minimum absolute atomic E-state index is 0.0597. The van der Waals surface area contributed by atoms with Crippen LogP contribution in [0.3, 0.4) is 0 Å². The molecule has 2 aromatic heterocycles. The molecule has 0 spiro atoms.